The van der Waals surface area contributed by atoms with Gasteiger partial charge in [-0.15, -0.1) is 0 Å². The number of ketones is 1. The van der Waals surface area contributed by atoms with Gasteiger partial charge in [-0.1, -0.05) is 0 Å². The second kappa shape index (κ2) is 5.09. The predicted molar refractivity (Wildman–Crippen MR) is 63.9 cm³/mol. The third-order valence-electron chi connectivity index (χ3n) is 2.53. The number of benzene rings is 1. The Morgan fingerprint density at radius 2 is 2.11 bits per heavy atom. The van der Waals surface area contributed by atoms with Crippen LogP contribution in [-0.4, -0.2) is 15.3 Å². The average molecular weight is 264 g/mol. The quantitative estimate of drug-likeness (QED) is 0.793. The molecule has 1 heterocycles. The summed E-state index contributed by atoms with van der Waals surface area (Å²) in [7, 11) is 0. The van der Waals surface area contributed by atoms with Crippen LogP contribution in [0.15, 0.2) is 35.4 Å². The molecular weight excluding hydrogens is 254 g/mol. The highest BCUT2D eigenvalue weighted by Gasteiger charge is 2.14. The summed E-state index contributed by atoms with van der Waals surface area (Å²) in [5.41, 5.74) is -0.309. The van der Waals surface area contributed by atoms with E-state index in [-0.39, 0.29) is 12.1 Å². The summed E-state index contributed by atoms with van der Waals surface area (Å²) < 4.78 is 27.5. The highest BCUT2D eigenvalue weighted by atomic mass is 19.1. The minimum atomic E-state index is -0.819. The van der Waals surface area contributed by atoms with Crippen molar-refractivity contribution in [2.24, 2.45) is 0 Å². The summed E-state index contributed by atoms with van der Waals surface area (Å²) in [5, 5.41) is 0. The van der Waals surface area contributed by atoms with E-state index < -0.39 is 23.1 Å². The number of hydrogen-bond acceptors (Lipinski definition) is 3. The van der Waals surface area contributed by atoms with Crippen LogP contribution in [0.5, 0.6) is 0 Å². The first-order chi connectivity index (χ1) is 8.97. The Hall–Kier alpha value is -2.37. The molecule has 98 valence electrons. The number of rotatable bonds is 3. The van der Waals surface area contributed by atoms with Gasteiger partial charge in [0.15, 0.2) is 5.78 Å². The minimum Gasteiger partial charge on any atom is -0.292 e. The first-order valence-electron chi connectivity index (χ1n) is 5.48. The van der Waals surface area contributed by atoms with Crippen LogP contribution >= 0.6 is 0 Å². The van der Waals surface area contributed by atoms with Crippen molar-refractivity contribution in [1.82, 2.24) is 9.55 Å². The van der Waals surface area contributed by atoms with Gasteiger partial charge in [0, 0.05) is 12.4 Å². The topological polar surface area (TPSA) is 52.0 Å². The first-order valence-corrected chi connectivity index (χ1v) is 5.48. The summed E-state index contributed by atoms with van der Waals surface area (Å²) >= 11 is 0. The Morgan fingerprint density at radius 1 is 1.37 bits per heavy atom. The molecule has 1 aromatic carbocycles. The number of carbonyl (C=O) groups is 1. The molecule has 4 nitrogen and oxygen atoms in total. The van der Waals surface area contributed by atoms with E-state index in [1.807, 2.05) is 0 Å². The Labute approximate surface area is 107 Å². The second-order valence-corrected chi connectivity index (χ2v) is 4.09. The van der Waals surface area contributed by atoms with Crippen molar-refractivity contribution in [3.05, 3.63) is 63.8 Å². The van der Waals surface area contributed by atoms with Gasteiger partial charge >= 0.3 is 5.69 Å². The molecule has 0 N–H and O–H groups in total. The van der Waals surface area contributed by atoms with Crippen molar-refractivity contribution in [2.75, 3.05) is 0 Å². The summed E-state index contributed by atoms with van der Waals surface area (Å²) in [6.45, 7) is 1.32. The zero-order valence-corrected chi connectivity index (χ0v) is 10.1. The number of carbonyl (C=O) groups excluding carboxylic acids is 1. The van der Waals surface area contributed by atoms with Crippen molar-refractivity contribution >= 4 is 5.78 Å². The van der Waals surface area contributed by atoms with E-state index >= 15 is 0 Å². The third-order valence-corrected chi connectivity index (χ3v) is 2.53. The Morgan fingerprint density at radius 3 is 2.84 bits per heavy atom. The molecule has 6 heteroatoms. The maximum absolute atomic E-state index is 13.4. The largest absolute Gasteiger partial charge is 0.347 e. The predicted octanol–water partition coefficient (Wildman–Crippen LogP) is 1.71. The smallest absolute Gasteiger partial charge is 0.292 e. The van der Waals surface area contributed by atoms with E-state index in [4.69, 9.17) is 0 Å². The molecule has 0 spiro atoms. The summed E-state index contributed by atoms with van der Waals surface area (Å²) in [6.07, 6.45) is 2.80. The summed E-state index contributed by atoms with van der Waals surface area (Å²) in [6, 6.07) is 2.61. The summed E-state index contributed by atoms with van der Waals surface area (Å²) in [4.78, 5) is 26.8. The fourth-order valence-corrected chi connectivity index (χ4v) is 1.63. The standard InChI is InChI=1S/C13H10F2N2O2/c1-8-5-16-13(19)17(6-8)7-12(18)10-4-9(14)2-3-11(10)15/h2-6H,7H2,1H3. The minimum absolute atomic E-state index is 0.381. The molecule has 0 aliphatic heterocycles. The zero-order chi connectivity index (χ0) is 14.0. The monoisotopic (exact) mass is 264 g/mol. The van der Waals surface area contributed by atoms with Gasteiger partial charge in [0.25, 0.3) is 0 Å². The lowest BCUT2D eigenvalue weighted by atomic mass is 10.1. The van der Waals surface area contributed by atoms with Crippen LogP contribution in [0.1, 0.15) is 15.9 Å². The molecule has 19 heavy (non-hydrogen) atoms. The highest BCUT2D eigenvalue weighted by molar-refractivity contribution is 5.96. The second-order valence-electron chi connectivity index (χ2n) is 4.09. The molecule has 0 radical (unpaired) electrons. The van der Waals surface area contributed by atoms with Crippen molar-refractivity contribution in [3.63, 3.8) is 0 Å². The number of Topliss-reactive ketones (excluding diaryl/α,β-unsaturated/α-hetero) is 1. The fraction of sp³-hybridized carbons (Fsp3) is 0.154. The molecular formula is C13H10F2N2O2. The highest BCUT2D eigenvalue weighted by Crippen LogP contribution is 2.11. The number of aromatic nitrogens is 2. The van der Waals surface area contributed by atoms with Gasteiger partial charge in [-0.2, -0.15) is 0 Å². The Bertz CT molecular complexity index is 695. The Balaban J connectivity index is 2.33. The molecule has 0 amide bonds. The SMILES string of the molecule is Cc1cnc(=O)n(CC(=O)c2cc(F)ccc2F)c1. The number of hydrogen-bond donors (Lipinski definition) is 0. The molecule has 0 atom stereocenters. The van der Waals surface area contributed by atoms with Gasteiger partial charge in [0.05, 0.1) is 12.1 Å². The van der Waals surface area contributed by atoms with Gasteiger partial charge < -0.3 is 0 Å². The average Bonchev–Trinajstić information content (AvgIpc) is 2.36. The number of aryl methyl sites for hydroxylation is 1. The molecule has 2 rings (SSSR count). The summed E-state index contributed by atoms with van der Waals surface area (Å²) in [5.74, 6) is -2.22. The fourth-order valence-electron chi connectivity index (χ4n) is 1.63. The molecule has 0 aliphatic rings. The maximum atomic E-state index is 13.4. The van der Waals surface area contributed by atoms with Gasteiger partial charge in [0.2, 0.25) is 0 Å². The number of nitrogens with zero attached hydrogens (tertiary/aromatic N) is 2. The maximum Gasteiger partial charge on any atom is 0.347 e. The van der Waals surface area contributed by atoms with Gasteiger partial charge in [0.1, 0.15) is 11.6 Å². The van der Waals surface area contributed by atoms with Crippen LogP contribution in [0.3, 0.4) is 0 Å². The molecule has 0 bridgehead atoms. The van der Waals surface area contributed by atoms with E-state index in [0.29, 0.717) is 5.56 Å². The van der Waals surface area contributed by atoms with Crippen molar-refractivity contribution in [1.29, 1.82) is 0 Å². The first kappa shape index (κ1) is 13.1. The van der Waals surface area contributed by atoms with E-state index in [2.05, 4.69) is 4.98 Å². The van der Waals surface area contributed by atoms with Gasteiger partial charge in [-0.25, -0.2) is 18.6 Å². The molecule has 1 aromatic heterocycles. The van der Waals surface area contributed by atoms with E-state index in [1.54, 1.807) is 6.92 Å². The molecule has 0 saturated carbocycles. The van der Waals surface area contributed by atoms with Gasteiger partial charge in [-0.05, 0) is 30.7 Å². The molecule has 0 fully saturated rings. The lowest BCUT2D eigenvalue weighted by Crippen LogP contribution is -2.26. The van der Waals surface area contributed by atoms with Crippen molar-refractivity contribution in [2.45, 2.75) is 13.5 Å². The third kappa shape index (κ3) is 2.90. The molecule has 0 aliphatic carbocycles. The van der Waals surface area contributed by atoms with Crippen LogP contribution in [0.2, 0.25) is 0 Å². The number of halogens is 2. The normalized spacial score (nSPS) is 10.5. The van der Waals surface area contributed by atoms with Crippen LogP contribution in [0.4, 0.5) is 8.78 Å². The Kier molecular flexibility index (Phi) is 3.50. The zero-order valence-electron chi connectivity index (χ0n) is 10.1. The van der Waals surface area contributed by atoms with E-state index in [1.165, 1.54) is 12.4 Å². The molecule has 0 unspecified atom stereocenters. The van der Waals surface area contributed by atoms with Crippen molar-refractivity contribution < 1.29 is 13.6 Å². The molecule has 2 aromatic rings. The lowest BCUT2D eigenvalue weighted by molar-refractivity contribution is 0.0966. The van der Waals surface area contributed by atoms with Crippen LogP contribution in [0, 0.1) is 18.6 Å². The van der Waals surface area contributed by atoms with E-state index in [9.17, 15) is 18.4 Å². The lowest BCUT2D eigenvalue weighted by Gasteiger charge is -2.06. The van der Waals surface area contributed by atoms with Crippen LogP contribution in [0.25, 0.3) is 0 Å². The molecule has 0 saturated heterocycles. The van der Waals surface area contributed by atoms with Gasteiger partial charge in [-0.3, -0.25) is 9.36 Å². The van der Waals surface area contributed by atoms with Crippen LogP contribution < -0.4 is 5.69 Å². The van der Waals surface area contributed by atoms with E-state index in [0.717, 1.165) is 22.8 Å². The van der Waals surface area contributed by atoms with Crippen molar-refractivity contribution in [3.8, 4) is 0 Å². The van der Waals surface area contributed by atoms with Crippen LogP contribution in [-0.2, 0) is 6.54 Å².